The van der Waals surface area contributed by atoms with E-state index in [0.717, 1.165) is 18.1 Å². The van der Waals surface area contributed by atoms with Gasteiger partial charge in [-0.2, -0.15) is 0 Å². The summed E-state index contributed by atoms with van der Waals surface area (Å²) < 4.78 is 0. The van der Waals surface area contributed by atoms with Crippen molar-refractivity contribution in [1.29, 1.82) is 0 Å². The summed E-state index contributed by atoms with van der Waals surface area (Å²) in [5, 5.41) is 5.72. The van der Waals surface area contributed by atoms with Crippen molar-refractivity contribution in [3.05, 3.63) is 0 Å². The molecule has 0 saturated heterocycles. The Morgan fingerprint density at radius 1 is 1.29 bits per heavy atom. The summed E-state index contributed by atoms with van der Waals surface area (Å²) in [5.41, 5.74) is 0. The summed E-state index contributed by atoms with van der Waals surface area (Å²) in [7, 11) is 3.60. The van der Waals surface area contributed by atoms with Gasteiger partial charge >= 0.3 is 0 Å². The number of nitrogens with one attached hydrogen (secondary N) is 2. The summed E-state index contributed by atoms with van der Waals surface area (Å²) in [5.74, 6) is 2.02. The molecule has 0 spiro atoms. The van der Waals surface area contributed by atoms with Crippen molar-refractivity contribution in [1.82, 2.24) is 10.6 Å². The monoisotopic (exact) mass is 254 g/mol. The van der Waals surface area contributed by atoms with Gasteiger partial charge in [0.15, 0.2) is 0 Å². The van der Waals surface area contributed by atoms with Crippen LogP contribution in [0.2, 0.25) is 0 Å². The molecule has 0 fully saturated rings. The Hall–Kier alpha value is 0.480. The van der Waals surface area contributed by atoms with Gasteiger partial charge in [-0.3, -0.25) is 4.79 Å². The Bertz CT molecular complexity index is 156. The van der Waals surface area contributed by atoms with Crippen molar-refractivity contribution in [3.63, 3.8) is 0 Å². The van der Waals surface area contributed by atoms with Gasteiger partial charge in [-0.25, -0.2) is 0 Å². The van der Waals surface area contributed by atoms with E-state index in [-0.39, 0.29) is 5.24 Å². The van der Waals surface area contributed by atoms with Crippen LogP contribution in [0.25, 0.3) is 0 Å². The molecule has 0 aromatic carbocycles. The van der Waals surface area contributed by atoms with Gasteiger partial charge < -0.3 is 10.6 Å². The molecule has 0 aromatic heterocycles. The summed E-state index contributed by atoms with van der Waals surface area (Å²) in [6.45, 7) is 6.01. The molecular formula is C8H18N2OS3. The van der Waals surface area contributed by atoms with Crippen LogP contribution in [-0.2, 0) is 0 Å². The number of carbonyl (C=O) groups excluding carboxylic acids is 1. The molecular weight excluding hydrogens is 236 g/mol. The van der Waals surface area contributed by atoms with Gasteiger partial charge in [-0.1, -0.05) is 48.1 Å². The lowest BCUT2D eigenvalue weighted by Gasteiger charge is -2.06. The maximum Gasteiger partial charge on any atom is 0.276 e. The normalized spacial score (nSPS) is 10.6. The molecule has 0 radical (unpaired) electrons. The number of thiol groups is 1. The Balaban J connectivity index is 2.96. The lowest BCUT2D eigenvalue weighted by molar-refractivity contribution is 0.261. The second-order valence-corrected chi connectivity index (χ2v) is 6.09. The van der Waals surface area contributed by atoms with Crippen LogP contribution >= 0.6 is 34.2 Å². The Labute approximate surface area is 99.4 Å². The van der Waals surface area contributed by atoms with E-state index in [0.29, 0.717) is 12.6 Å². The predicted molar refractivity (Wildman–Crippen MR) is 70.4 cm³/mol. The average molecular weight is 254 g/mol. The Morgan fingerprint density at radius 3 is 2.36 bits per heavy atom. The molecule has 0 aliphatic heterocycles. The van der Waals surface area contributed by atoms with Crippen LogP contribution < -0.4 is 10.6 Å². The van der Waals surface area contributed by atoms with Crippen molar-refractivity contribution >= 4 is 39.5 Å². The van der Waals surface area contributed by atoms with Crippen molar-refractivity contribution in [2.24, 2.45) is 0 Å². The first-order valence-electron chi connectivity index (χ1n) is 4.57. The number of amides is 1. The van der Waals surface area contributed by atoms with Crippen molar-refractivity contribution in [2.45, 2.75) is 19.9 Å². The topological polar surface area (TPSA) is 41.1 Å². The smallest absolute Gasteiger partial charge is 0.276 e. The van der Waals surface area contributed by atoms with Gasteiger partial charge in [0, 0.05) is 30.6 Å². The van der Waals surface area contributed by atoms with Crippen LogP contribution in [0, 0.1) is 0 Å². The van der Waals surface area contributed by atoms with E-state index < -0.39 is 0 Å². The van der Waals surface area contributed by atoms with E-state index in [1.807, 2.05) is 10.8 Å². The van der Waals surface area contributed by atoms with Crippen molar-refractivity contribution in [2.75, 3.05) is 24.6 Å². The molecule has 0 aliphatic rings. The zero-order chi connectivity index (χ0) is 10.8. The third-order valence-corrected chi connectivity index (χ3v) is 3.85. The molecule has 0 aromatic rings. The zero-order valence-electron chi connectivity index (χ0n) is 8.58. The maximum absolute atomic E-state index is 10.4. The first-order chi connectivity index (χ1) is 6.63. The highest BCUT2D eigenvalue weighted by Crippen LogP contribution is 2.19. The maximum atomic E-state index is 10.4. The molecule has 0 saturated carbocycles. The minimum absolute atomic E-state index is 0.253. The molecule has 0 aliphatic carbocycles. The first-order valence-corrected chi connectivity index (χ1v) is 7.51. The lowest BCUT2D eigenvalue weighted by atomic mass is 10.4. The second kappa shape index (κ2) is 10.0. The van der Waals surface area contributed by atoms with Crippen molar-refractivity contribution in [3.8, 4) is 0 Å². The van der Waals surface area contributed by atoms with Crippen LogP contribution in [0.4, 0.5) is 4.79 Å². The third-order valence-electron chi connectivity index (χ3n) is 1.28. The fraction of sp³-hybridized carbons (Fsp3) is 0.875. The summed E-state index contributed by atoms with van der Waals surface area (Å²) in [6, 6.07) is 0.559. The molecule has 0 unspecified atom stereocenters. The fourth-order valence-electron chi connectivity index (χ4n) is 0.707. The second-order valence-electron chi connectivity index (χ2n) is 2.98. The van der Waals surface area contributed by atoms with E-state index in [2.05, 4.69) is 37.1 Å². The standard InChI is InChI=1S/C8H18N2OS3/c1-7(2)9-3-5-13-14-6-4-10-8(11)12/h7,9H,3-6H2,1-2H3,(H2,10,11,12). The highest BCUT2D eigenvalue weighted by molar-refractivity contribution is 8.76. The van der Waals surface area contributed by atoms with Crippen LogP contribution in [0.5, 0.6) is 0 Å². The summed E-state index contributed by atoms with van der Waals surface area (Å²) >= 11 is 3.60. The first kappa shape index (κ1) is 14.5. The van der Waals surface area contributed by atoms with E-state index in [1.54, 1.807) is 10.8 Å². The zero-order valence-corrected chi connectivity index (χ0v) is 11.1. The Morgan fingerprint density at radius 2 is 1.86 bits per heavy atom. The van der Waals surface area contributed by atoms with E-state index in [1.165, 1.54) is 0 Å². The highest BCUT2D eigenvalue weighted by atomic mass is 33.1. The Kier molecular flexibility index (Phi) is 10.4. The van der Waals surface area contributed by atoms with Crippen molar-refractivity contribution < 1.29 is 4.79 Å². The van der Waals surface area contributed by atoms with Crippen LogP contribution in [0.3, 0.4) is 0 Å². The van der Waals surface area contributed by atoms with E-state index >= 15 is 0 Å². The highest BCUT2D eigenvalue weighted by Gasteiger charge is 1.94. The van der Waals surface area contributed by atoms with E-state index in [4.69, 9.17) is 0 Å². The molecule has 6 heteroatoms. The summed E-state index contributed by atoms with van der Waals surface area (Å²) in [6.07, 6.45) is 0. The molecule has 3 nitrogen and oxygen atoms in total. The number of carbonyl (C=O) groups is 1. The van der Waals surface area contributed by atoms with Crippen LogP contribution in [0.15, 0.2) is 0 Å². The lowest BCUT2D eigenvalue weighted by Crippen LogP contribution is -2.24. The largest absolute Gasteiger partial charge is 0.346 e. The van der Waals surface area contributed by atoms with Gasteiger partial charge in [0.1, 0.15) is 0 Å². The number of rotatable bonds is 8. The molecule has 14 heavy (non-hydrogen) atoms. The molecule has 84 valence electrons. The van der Waals surface area contributed by atoms with E-state index in [9.17, 15) is 4.79 Å². The van der Waals surface area contributed by atoms with Crippen LogP contribution in [-0.4, -0.2) is 35.9 Å². The van der Waals surface area contributed by atoms with Gasteiger partial charge in [0.25, 0.3) is 5.24 Å². The quantitative estimate of drug-likeness (QED) is 0.352. The minimum atomic E-state index is -0.253. The molecule has 0 bridgehead atoms. The SMILES string of the molecule is CC(C)NCCSSCCNC(=O)S. The average Bonchev–Trinajstić information content (AvgIpc) is 2.08. The molecule has 0 heterocycles. The fourth-order valence-corrected chi connectivity index (χ4v) is 2.65. The number of hydrogen-bond donors (Lipinski definition) is 3. The predicted octanol–water partition coefficient (Wildman–Crippen LogP) is 2.01. The molecule has 2 N–H and O–H groups in total. The van der Waals surface area contributed by atoms with Gasteiger partial charge in [0.2, 0.25) is 0 Å². The molecule has 0 atom stereocenters. The molecule has 0 rings (SSSR count). The van der Waals surface area contributed by atoms with Crippen LogP contribution in [0.1, 0.15) is 13.8 Å². The van der Waals surface area contributed by atoms with Gasteiger partial charge in [0.05, 0.1) is 0 Å². The number of hydrogen-bond acceptors (Lipinski definition) is 4. The summed E-state index contributed by atoms with van der Waals surface area (Å²) in [4.78, 5) is 10.4. The minimum Gasteiger partial charge on any atom is -0.346 e. The van der Waals surface area contributed by atoms with Gasteiger partial charge in [-0.05, 0) is 0 Å². The molecule has 1 amide bonds. The van der Waals surface area contributed by atoms with Gasteiger partial charge in [-0.15, -0.1) is 0 Å². The third kappa shape index (κ3) is 12.5.